The molecule has 0 radical (unpaired) electrons. The predicted molar refractivity (Wildman–Crippen MR) is 86.6 cm³/mol. The number of hydrogen-bond acceptors (Lipinski definition) is 3. The van der Waals surface area contributed by atoms with E-state index in [0.29, 0.717) is 12.1 Å². The molecular weight excluding hydrogens is 278 g/mol. The van der Waals surface area contributed by atoms with Crippen molar-refractivity contribution in [2.75, 3.05) is 14.2 Å². The van der Waals surface area contributed by atoms with E-state index in [0.717, 1.165) is 28.2 Å². The second kappa shape index (κ2) is 6.98. The maximum Gasteiger partial charge on any atom is 0.251 e. The van der Waals surface area contributed by atoms with Crippen molar-refractivity contribution in [3.63, 3.8) is 0 Å². The fourth-order valence-corrected chi connectivity index (χ4v) is 2.49. The zero-order valence-corrected chi connectivity index (χ0v) is 13.4. The van der Waals surface area contributed by atoms with Crippen LogP contribution in [0.3, 0.4) is 0 Å². The van der Waals surface area contributed by atoms with E-state index in [4.69, 9.17) is 9.47 Å². The number of rotatable bonds is 5. The zero-order valence-electron chi connectivity index (χ0n) is 13.4. The molecule has 2 rings (SSSR count). The zero-order chi connectivity index (χ0) is 16.1. The Kier molecular flexibility index (Phi) is 5.04. The Morgan fingerprint density at radius 2 is 1.73 bits per heavy atom. The van der Waals surface area contributed by atoms with Crippen LogP contribution in [0.25, 0.3) is 0 Å². The van der Waals surface area contributed by atoms with Gasteiger partial charge in [-0.3, -0.25) is 4.79 Å². The van der Waals surface area contributed by atoms with Gasteiger partial charge in [0.15, 0.2) is 0 Å². The van der Waals surface area contributed by atoms with E-state index < -0.39 is 0 Å². The molecule has 0 aliphatic heterocycles. The highest BCUT2D eigenvalue weighted by atomic mass is 16.5. The normalized spacial score (nSPS) is 10.2. The van der Waals surface area contributed by atoms with E-state index in [-0.39, 0.29) is 5.91 Å². The molecule has 2 aromatic rings. The summed E-state index contributed by atoms with van der Waals surface area (Å²) >= 11 is 0. The summed E-state index contributed by atoms with van der Waals surface area (Å²) in [5, 5.41) is 2.92. The fraction of sp³-hybridized carbons (Fsp3) is 0.278. The molecule has 116 valence electrons. The van der Waals surface area contributed by atoms with Gasteiger partial charge in [0, 0.05) is 17.7 Å². The van der Waals surface area contributed by atoms with Crippen LogP contribution in [-0.4, -0.2) is 20.1 Å². The Morgan fingerprint density at radius 3 is 2.32 bits per heavy atom. The third-order valence-electron chi connectivity index (χ3n) is 3.49. The molecule has 0 aromatic heterocycles. The molecule has 0 fully saturated rings. The second-order valence-electron chi connectivity index (χ2n) is 5.19. The summed E-state index contributed by atoms with van der Waals surface area (Å²) in [5.41, 5.74) is 3.79. The van der Waals surface area contributed by atoms with E-state index in [1.807, 2.05) is 19.9 Å². The molecule has 0 saturated carbocycles. The number of ether oxygens (including phenoxy) is 2. The lowest BCUT2D eigenvalue weighted by Crippen LogP contribution is -2.23. The van der Waals surface area contributed by atoms with Crippen molar-refractivity contribution in [1.82, 2.24) is 5.32 Å². The van der Waals surface area contributed by atoms with Crippen molar-refractivity contribution in [2.24, 2.45) is 0 Å². The molecule has 4 heteroatoms. The van der Waals surface area contributed by atoms with Gasteiger partial charge < -0.3 is 14.8 Å². The minimum atomic E-state index is -0.121. The number of amides is 1. The van der Waals surface area contributed by atoms with Crippen LogP contribution in [-0.2, 0) is 6.54 Å². The minimum Gasteiger partial charge on any atom is -0.497 e. The second-order valence-corrected chi connectivity index (χ2v) is 5.19. The Bertz CT molecular complexity index is 663. The molecule has 2 aromatic carbocycles. The van der Waals surface area contributed by atoms with E-state index in [1.54, 1.807) is 38.5 Å². The number of carbonyl (C=O) groups excluding carboxylic acids is 1. The molecule has 0 unspecified atom stereocenters. The van der Waals surface area contributed by atoms with Crippen molar-refractivity contribution >= 4 is 5.91 Å². The van der Waals surface area contributed by atoms with Crippen molar-refractivity contribution in [2.45, 2.75) is 20.4 Å². The molecule has 1 N–H and O–H groups in total. The van der Waals surface area contributed by atoms with Crippen LogP contribution < -0.4 is 14.8 Å². The van der Waals surface area contributed by atoms with Gasteiger partial charge in [-0.2, -0.15) is 0 Å². The molecule has 4 nitrogen and oxygen atoms in total. The topological polar surface area (TPSA) is 47.6 Å². The van der Waals surface area contributed by atoms with Gasteiger partial charge in [0.25, 0.3) is 5.91 Å². The lowest BCUT2D eigenvalue weighted by Gasteiger charge is -2.13. The van der Waals surface area contributed by atoms with Gasteiger partial charge in [-0.1, -0.05) is 17.7 Å². The molecule has 0 spiro atoms. The first-order chi connectivity index (χ1) is 10.5. The fourth-order valence-electron chi connectivity index (χ4n) is 2.49. The molecule has 22 heavy (non-hydrogen) atoms. The van der Waals surface area contributed by atoms with Gasteiger partial charge in [-0.25, -0.2) is 0 Å². The van der Waals surface area contributed by atoms with E-state index in [1.165, 1.54) is 0 Å². The van der Waals surface area contributed by atoms with Gasteiger partial charge in [0.05, 0.1) is 14.2 Å². The molecule has 0 saturated heterocycles. The minimum absolute atomic E-state index is 0.121. The van der Waals surface area contributed by atoms with E-state index in [2.05, 4.69) is 11.4 Å². The van der Waals surface area contributed by atoms with Gasteiger partial charge in [-0.05, 0) is 43.7 Å². The van der Waals surface area contributed by atoms with Crippen molar-refractivity contribution in [3.8, 4) is 11.5 Å². The van der Waals surface area contributed by atoms with E-state index >= 15 is 0 Å². The van der Waals surface area contributed by atoms with Gasteiger partial charge in [-0.15, -0.1) is 0 Å². The smallest absolute Gasteiger partial charge is 0.251 e. The Morgan fingerprint density at radius 1 is 1.05 bits per heavy atom. The maximum atomic E-state index is 12.2. The molecule has 0 atom stereocenters. The van der Waals surface area contributed by atoms with Crippen molar-refractivity contribution < 1.29 is 14.3 Å². The molecule has 0 bridgehead atoms. The van der Waals surface area contributed by atoms with Gasteiger partial charge in [0.2, 0.25) is 0 Å². The Balaban J connectivity index is 2.10. The molecular formula is C18H21NO3. The Labute approximate surface area is 131 Å². The van der Waals surface area contributed by atoms with Crippen molar-refractivity contribution in [3.05, 3.63) is 58.7 Å². The number of hydrogen-bond donors (Lipinski definition) is 1. The van der Waals surface area contributed by atoms with Crippen LogP contribution in [0.4, 0.5) is 0 Å². The first-order valence-electron chi connectivity index (χ1n) is 7.11. The third kappa shape index (κ3) is 3.58. The molecule has 0 aliphatic carbocycles. The summed E-state index contributed by atoms with van der Waals surface area (Å²) in [6.45, 7) is 4.46. The molecule has 0 heterocycles. The third-order valence-corrected chi connectivity index (χ3v) is 3.49. The number of benzene rings is 2. The SMILES string of the molecule is COc1ccc(C(=O)NCc2cc(C)cc(C)c2OC)cc1. The van der Waals surface area contributed by atoms with Crippen LogP contribution in [0.15, 0.2) is 36.4 Å². The highest BCUT2D eigenvalue weighted by Gasteiger charge is 2.10. The lowest BCUT2D eigenvalue weighted by atomic mass is 10.1. The van der Waals surface area contributed by atoms with Crippen molar-refractivity contribution in [1.29, 1.82) is 0 Å². The molecule has 0 aliphatic rings. The van der Waals surface area contributed by atoms with Crippen LogP contribution in [0.5, 0.6) is 11.5 Å². The van der Waals surface area contributed by atoms with Crippen LogP contribution in [0.1, 0.15) is 27.0 Å². The Hall–Kier alpha value is -2.49. The predicted octanol–water partition coefficient (Wildman–Crippen LogP) is 3.25. The summed E-state index contributed by atoms with van der Waals surface area (Å²) in [4.78, 5) is 12.2. The monoisotopic (exact) mass is 299 g/mol. The maximum absolute atomic E-state index is 12.2. The molecule has 1 amide bonds. The van der Waals surface area contributed by atoms with Gasteiger partial charge in [0.1, 0.15) is 11.5 Å². The summed E-state index contributed by atoms with van der Waals surface area (Å²) < 4.78 is 10.5. The first kappa shape index (κ1) is 15.9. The summed E-state index contributed by atoms with van der Waals surface area (Å²) in [5.74, 6) is 1.43. The number of nitrogens with one attached hydrogen (secondary N) is 1. The highest BCUT2D eigenvalue weighted by Crippen LogP contribution is 2.25. The average Bonchev–Trinajstić information content (AvgIpc) is 2.52. The largest absolute Gasteiger partial charge is 0.497 e. The van der Waals surface area contributed by atoms with Crippen LogP contribution in [0.2, 0.25) is 0 Å². The standard InChI is InChI=1S/C18H21NO3/c1-12-9-13(2)17(22-4)15(10-12)11-19-18(20)14-5-7-16(21-3)8-6-14/h5-10H,11H2,1-4H3,(H,19,20). The number of carbonyl (C=O) groups is 1. The summed E-state index contributed by atoms with van der Waals surface area (Å²) in [7, 11) is 3.24. The average molecular weight is 299 g/mol. The first-order valence-corrected chi connectivity index (χ1v) is 7.11. The van der Waals surface area contributed by atoms with Crippen LogP contribution >= 0.6 is 0 Å². The lowest BCUT2D eigenvalue weighted by molar-refractivity contribution is 0.0950. The summed E-state index contributed by atoms with van der Waals surface area (Å²) in [6.07, 6.45) is 0. The van der Waals surface area contributed by atoms with Gasteiger partial charge >= 0.3 is 0 Å². The van der Waals surface area contributed by atoms with Crippen LogP contribution in [0, 0.1) is 13.8 Å². The number of aryl methyl sites for hydroxylation is 2. The summed E-state index contributed by atoms with van der Waals surface area (Å²) in [6, 6.07) is 11.1. The number of methoxy groups -OCH3 is 2. The van der Waals surface area contributed by atoms with E-state index in [9.17, 15) is 4.79 Å². The quantitative estimate of drug-likeness (QED) is 0.922. The highest BCUT2D eigenvalue weighted by molar-refractivity contribution is 5.94.